The fourth-order valence-electron chi connectivity index (χ4n) is 2.13. The van der Waals surface area contributed by atoms with Gasteiger partial charge in [-0.2, -0.15) is 0 Å². The molecule has 2 nitrogen and oxygen atoms in total. The molecule has 92 valence electrons. The number of unbranched alkanes of at least 4 members (excludes halogenated alkanes) is 5. The molecule has 0 amide bonds. The highest BCUT2D eigenvalue weighted by Gasteiger charge is 2.11. The van der Waals surface area contributed by atoms with Gasteiger partial charge >= 0.3 is 0 Å². The Bertz CT molecular complexity index is 313. The largest absolute Gasteiger partial charge is 0.243 e. The molecule has 0 aromatic carbocycles. The lowest BCUT2D eigenvalue weighted by Crippen LogP contribution is -2.28. The highest BCUT2D eigenvalue weighted by molar-refractivity contribution is 5.02. The maximum atomic E-state index is 2.38. The fourth-order valence-corrected chi connectivity index (χ4v) is 2.13. The van der Waals surface area contributed by atoms with Crippen LogP contribution < -0.4 is 4.57 Å². The van der Waals surface area contributed by atoms with E-state index < -0.39 is 0 Å². The van der Waals surface area contributed by atoms with Crippen LogP contribution in [-0.4, -0.2) is 4.57 Å². The van der Waals surface area contributed by atoms with E-state index in [1.807, 2.05) is 0 Å². The minimum absolute atomic E-state index is 1.18. The van der Waals surface area contributed by atoms with Gasteiger partial charge < -0.3 is 0 Å². The summed E-state index contributed by atoms with van der Waals surface area (Å²) < 4.78 is 4.60. The van der Waals surface area contributed by atoms with E-state index in [1.165, 1.54) is 56.5 Å². The number of imidazole rings is 1. The minimum Gasteiger partial charge on any atom is -0.237 e. The van der Waals surface area contributed by atoms with Crippen molar-refractivity contribution in [1.29, 1.82) is 0 Å². The molecule has 0 bridgehead atoms. The summed E-state index contributed by atoms with van der Waals surface area (Å²) in [5.74, 6) is 0. The highest BCUT2D eigenvalue weighted by Crippen LogP contribution is 2.08. The zero-order chi connectivity index (χ0) is 12.0. The normalized spacial score (nSPS) is 11.0. The van der Waals surface area contributed by atoms with Crippen molar-refractivity contribution in [3.8, 4) is 0 Å². The van der Waals surface area contributed by atoms with E-state index in [1.54, 1.807) is 0 Å². The predicted octanol–water partition coefficient (Wildman–Crippen LogP) is 3.29. The first-order valence-electron chi connectivity index (χ1n) is 6.68. The minimum atomic E-state index is 1.18. The predicted molar refractivity (Wildman–Crippen MR) is 68.5 cm³/mol. The lowest BCUT2D eigenvalue weighted by atomic mass is 10.1. The fraction of sp³-hybridized carbons (Fsp3) is 0.786. The lowest BCUT2D eigenvalue weighted by Gasteiger charge is -2.00. The Morgan fingerprint density at radius 1 is 1.06 bits per heavy atom. The van der Waals surface area contributed by atoms with E-state index in [0.29, 0.717) is 0 Å². The molecule has 0 atom stereocenters. The van der Waals surface area contributed by atoms with Gasteiger partial charge in [0.1, 0.15) is 11.4 Å². The van der Waals surface area contributed by atoms with E-state index in [0.717, 1.165) is 0 Å². The van der Waals surface area contributed by atoms with Crippen LogP contribution in [0.1, 0.15) is 56.8 Å². The van der Waals surface area contributed by atoms with Crippen LogP contribution in [0.25, 0.3) is 0 Å². The molecular formula is C14H27N2+. The van der Waals surface area contributed by atoms with Crippen molar-refractivity contribution in [3.05, 3.63) is 17.7 Å². The number of nitrogens with zero attached hydrogens (tertiary/aromatic N) is 2. The lowest BCUT2D eigenvalue weighted by molar-refractivity contribution is -0.677. The molecule has 0 radical (unpaired) electrons. The standard InChI is InChI=1S/C14H27N2/c1-5-6-7-8-9-10-11-16-12-15(4)13(2)14(16)3/h12H,5-11H2,1-4H3/q+1. The number of rotatable bonds is 7. The Kier molecular flexibility index (Phi) is 5.58. The van der Waals surface area contributed by atoms with Crippen LogP contribution in [0.2, 0.25) is 0 Å². The third-order valence-electron chi connectivity index (χ3n) is 3.55. The maximum absolute atomic E-state index is 2.38. The molecule has 1 rings (SSSR count). The molecule has 1 aromatic rings. The van der Waals surface area contributed by atoms with Gasteiger partial charge in [0, 0.05) is 13.8 Å². The molecule has 0 aliphatic rings. The first kappa shape index (κ1) is 13.3. The Labute approximate surface area is 100 Å². The summed E-state index contributed by atoms with van der Waals surface area (Å²) in [5.41, 5.74) is 2.79. The van der Waals surface area contributed by atoms with E-state index in [2.05, 4.69) is 43.3 Å². The SMILES string of the molecule is CCCCCCCCn1c[n+](C)c(C)c1C. The molecular weight excluding hydrogens is 196 g/mol. The van der Waals surface area contributed by atoms with Crippen molar-refractivity contribution in [2.45, 2.75) is 65.8 Å². The van der Waals surface area contributed by atoms with E-state index in [-0.39, 0.29) is 0 Å². The van der Waals surface area contributed by atoms with E-state index in [4.69, 9.17) is 0 Å². The second-order valence-corrected chi connectivity index (χ2v) is 4.86. The monoisotopic (exact) mass is 223 g/mol. The summed E-state index contributed by atoms with van der Waals surface area (Å²) in [6.45, 7) is 7.85. The van der Waals surface area contributed by atoms with Gasteiger partial charge in [-0.25, -0.2) is 9.13 Å². The van der Waals surface area contributed by atoms with Gasteiger partial charge in [0.25, 0.3) is 0 Å². The third-order valence-corrected chi connectivity index (χ3v) is 3.55. The first-order valence-corrected chi connectivity index (χ1v) is 6.68. The van der Waals surface area contributed by atoms with Gasteiger partial charge in [-0.1, -0.05) is 32.6 Å². The van der Waals surface area contributed by atoms with Crippen LogP contribution >= 0.6 is 0 Å². The maximum Gasteiger partial charge on any atom is 0.243 e. The van der Waals surface area contributed by atoms with E-state index in [9.17, 15) is 0 Å². The van der Waals surface area contributed by atoms with Crippen molar-refractivity contribution < 1.29 is 4.57 Å². The van der Waals surface area contributed by atoms with Crippen molar-refractivity contribution in [2.24, 2.45) is 7.05 Å². The van der Waals surface area contributed by atoms with Crippen LogP contribution in [0.15, 0.2) is 6.33 Å². The van der Waals surface area contributed by atoms with Crippen molar-refractivity contribution >= 4 is 0 Å². The summed E-state index contributed by atoms with van der Waals surface area (Å²) in [6.07, 6.45) is 10.5. The molecule has 1 aromatic heterocycles. The molecule has 2 heteroatoms. The van der Waals surface area contributed by atoms with Gasteiger partial charge in [-0.05, 0) is 12.8 Å². The molecule has 0 saturated carbocycles. The quantitative estimate of drug-likeness (QED) is 0.495. The van der Waals surface area contributed by atoms with Gasteiger partial charge in [-0.15, -0.1) is 0 Å². The van der Waals surface area contributed by atoms with Crippen molar-refractivity contribution in [3.63, 3.8) is 0 Å². The summed E-state index contributed by atoms with van der Waals surface area (Å²) in [5, 5.41) is 0. The molecule has 0 aliphatic carbocycles. The van der Waals surface area contributed by atoms with Crippen LogP contribution in [0.5, 0.6) is 0 Å². The van der Waals surface area contributed by atoms with Crippen LogP contribution in [0.3, 0.4) is 0 Å². The highest BCUT2D eigenvalue weighted by atomic mass is 15.1. The number of hydrogen-bond acceptors (Lipinski definition) is 0. The number of hydrogen-bond donors (Lipinski definition) is 0. The zero-order valence-electron chi connectivity index (χ0n) is 11.4. The molecule has 0 fully saturated rings. The molecule has 0 N–H and O–H groups in total. The van der Waals surface area contributed by atoms with E-state index >= 15 is 0 Å². The number of aromatic nitrogens is 2. The summed E-state index contributed by atoms with van der Waals surface area (Å²) in [4.78, 5) is 0. The molecule has 0 aliphatic heterocycles. The second kappa shape index (κ2) is 6.72. The Morgan fingerprint density at radius 2 is 1.69 bits per heavy atom. The van der Waals surface area contributed by atoms with Gasteiger partial charge in [-0.3, -0.25) is 0 Å². The van der Waals surface area contributed by atoms with Crippen LogP contribution in [0.4, 0.5) is 0 Å². The zero-order valence-corrected chi connectivity index (χ0v) is 11.4. The molecule has 0 saturated heterocycles. The molecule has 1 heterocycles. The summed E-state index contributed by atoms with van der Waals surface area (Å²) >= 11 is 0. The first-order chi connectivity index (χ1) is 7.66. The Morgan fingerprint density at radius 3 is 2.25 bits per heavy atom. The third kappa shape index (κ3) is 3.66. The van der Waals surface area contributed by atoms with Gasteiger partial charge in [0.15, 0.2) is 0 Å². The second-order valence-electron chi connectivity index (χ2n) is 4.86. The van der Waals surface area contributed by atoms with Crippen molar-refractivity contribution in [2.75, 3.05) is 0 Å². The Balaban J connectivity index is 2.24. The van der Waals surface area contributed by atoms with Crippen LogP contribution in [-0.2, 0) is 13.6 Å². The Hall–Kier alpha value is -0.790. The molecule has 16 heavy (non-hydrogen) atoms. The van der Waals surface area contributed by atoms with Gasteiger partial charge in [0.05, 0.1) is 13.6 Å². The summed E-state index contributed by atoms with van der Waals surface area (Å²) in [6, 6.07) is 0. The van der Waals surface area contributed by atoms with Gasteiger partial charge in [0.2, 0.25) is 6.33 Å². The molecule has 0 spiro atoms. The average Bonchev–Trinajstić information content (AvgIpc) is 2.51. The van der Waals surface area contributed by atoms with Crippen LogP contribution in [0, 0.1) is 13.8 Å². The smallest absolute Gasteiger partial charge is 0.237 e. The van der Waals surface area contributed by atoms with Crippen molar-refractivity contribution in [1.82, 2.24) is 4.57 Å². The topological polar surface area (TPSA) is 8.81 Å². The summed E-state index contributed by atoms with van der Waals surface area (Å²) in [7, 11) is 2.13. The average molecular weight is 223 g/mol. The number of aryl methyl sites for hydroxylation is 2. The molecule has 0 unspecified atom stereocenters.